The molecular weight excluding hydrogens is 274 g/mol. The van der Waals surface area contributed by atoms with E-state index in [4.69, 9.17) is 4.74 Å². The number of hydrogen-bond acceptors (Lipinski definition) is 2. The third kappa shape index (κ3) is 4.02. The van der Waals surface area contributed by atoms with E-state index in [0.717, 1.165) is 41.2 Å². The van der Waals surface area contributed by atoms with Crippen molar-refractivity contribution in [2.45, 2.75) is 59.4 Å². The number of carbonyl (C=O) groups excluding carboxylic acids is 1. The summed E-state index contributed by atoms with van der Waals surface area (Å²) < 4.78 is 5.45. The van der Waals surface area contributed by atoms with Crippen LogP contribution in [0.15, 0.2) is 12.1 Å². The lowest BCUT2D eigenvalue weighted by atomic mass is 9.79. The molecule has 0 heterocycles. The predicted molar refractivity (Wildman–Crippen MR) is 90.3 cm³/mol. The average Bonchev–Trinajstić information content (AvgIpc) is 2.45. The predicted octanol–water partition coefficient (Wildman–Crippen LogP) is 3.80. The van der Waals surface area contributed by atoms with Gasteiger partial charge in [0.2, 0.25) is 5.91 Å². The quantitative estimate of drug-likeness (QED) is 0.919. The maximum Gasteiger partial charge on any atom is 0.224 e. The molecule has 1 aromatic rings. The molecule has 22 heavy (non-hydrogen) atoms. The highest BCUT2D eigenvalue weighted by Crippen LogP contribution is 2.29. The van der Waals surface area contributed by atoms with Crippen LogP contribution in [0, 0.1) is 25.7 Å². The van der Waals surface area contributed by atoms with Gasteiger partial charge in [-0.2, -0.15) is 0 Å². The van der Waals surface area contributed by atoms with Crippen LogP contribution in [0.5, 0.6) is 5.75 Å². The molecule has 2 rings (SSSR count). The van der Waals surface area contributed by atoms with Gasteiger partial charge in [0.25, 0.3) is 0 Å². The fraction of sp³-hybridized carbons (Fsp3) is 0.632. The molecule has 3 unspecified atom stereocenters. The van der Waals surface area contributed by atoms with E-state index >= 15 is 0 Å². The minimum absolute atomic E-state index is 0.108. The van der Waals surface area contributed by atoms with Crippen LogP contribution in [-0.4, -0.2) is 19.1 Å². The Balaban J connectivity index is 2.01. The van der Waals surface area contributed by atoms with Crippen molar-refractivity contribution in [2.24, 2.45) is 11.8 Å². The SMILES string of the molecule is COc1cc(C)cc(C)c1CC(=O)NC1CCC(C)C(C)C1. The Morgan fingerprint density at radius 1 is 1.23 bits per heavy atom. The summed E-state index contributed by atoms with van der Waals surface area (Å²) in [4.78, 5) is 12.4. The second kappa shape index (κ2) is 7.17. The third-order valence-electron chi connectivity index (χ3n) is 5.10. The molecule has 122 valence electrons. The van der Waals surface area contributed by atoms with Crippen molar-refractivity contribution >= 4 is 5.91 Å². The van der Waals surface area contributed by atoms with Gasteiger partial charge in [-0.25, -0.2) is 0 Å². The summed E-state index contributed by atoms with van der Waals surface area (Å²) in [7, 11) is 1.67. The minimum Gasteiger partial charge on any atom is -0.496 e. The zero-order valence-electron chi connectivity index (χ0n) is 14.5. The highest BCUT2D eigenvalue weighted by atomic mass is 16.5. The number of carbonyl (C=O) groups is 1. The third-order valence-corrected chi connectivity index (χ3v) is 5.10. The van der Waals surface area contributed by atoms with Crippen molar-refractivity contribution in [3.05, 3.63) is 28.8 Å². The van der Waals surface area contributed by atoms with Crippen molar-refractivity contribution < 1.29 is 9.53 Å². The number of nitrogens with one attached hydrogen (secondary N) is 1. The first-order valence-electron chi connectivity index (χ1n) is 8.34. The monoisotopic (exact) mass is 303 g/mol. The molecule has 1 fully saturated rings. The summed E-state index contributed by atoms with van der Waals surface area (Å²) in [5.74, 6) is 2.39. The number of rotatable bonds is 4. The van der Waals surface area contributed by atoms with Crippen LogP contribution < -0.4 is 10.1 Å². The van der Waals surface area contributed by atoms with Crippen LogP contribution >= 0.6 is 0 Å². The molecule has 0 radical (unpaired) electrons. The Hall–Kier alpha value is -1.51. The molecule has 0 spiro atoms. The molecule has 1 aromatic carbocycles. The maximum atomic E-state index is 12.4. The van der Waals surface area contributed by atoms with E-state index in [1.54, 1.807) is 7.11 Å². The van der Waals surface area contributed by atoms with Crippen LogP contribution in [0.2, 0.25) is 0 Å². The fourth-order valence-electron chi connectivity index (χ4n) is 3.49. The molecule has 3 heteroatoms. The van der Waals surface area contributed by atoms with Crippen molar-refractivity contribution in [2.75, 3.05) is 7.11 Å². The summed E-state index contributed by atoms with van der Waals surface area (Å²) in [5, 5.41) is 3.22. The van der Waals surface area contributed by atoms with Crippen molar-refractivity contribution in [3.63, 3.8) is 0 Å². The Labute approximate surface area is 134 Å². The van der Waals surface area contributed by atoms with Gasteiger partial charge >= 0.3 is 0 Å². The number of hydrogen-bond donors (Lipinski definition) is 1. The zero-order chi connectivity index (χ0) is 16.3. The lowest BCUT2D eigenvalue weighted by molar-refractivity contribution is -0.121. The number of methoxy groups -OCH3 is 1. The number of aryl methyl sites for hydroxylation is 2. The lowest BCUT2D eigenvalue weighted by Crippen LogP contribution is -2.40. The second-order valence-corrected chi connectivity index (χ2v) is 6.97. The molecule has 1 N–H and O–H groups in total. The normalized spacial score (nSPS) is 24.9. The van der Waals surface area contributed by atoms with Crippen molar-refractivity contribution in [1.82, 2.24) is 5.32 Å². The highest BCUT2D eigenvalue weighted by Gasteiger charge is 2.25. The van der Waals surface area contributed by atoms with Crippen LogP contribution in [0.4, 0.5) is 0 Å². The summed E-state index contributed by atoms with van der Waals surface area (Å²) in [5.41, 5.74) is 3.29. The Kier molecular flexibility index (Phi) is 5.49. The van der Waals surface area contributed by atoms with Gasteiger partial charge in [-0.3, -0.25) is 4.79 Å². The Morgan fingerprint density at radius 3 is 2.59 bits per heavy atom. The molecule has 1 aliphatic carbocycles. The first kappa shape index (κ1) is 16.9. The smallest absolute Gasteiger partial charge is 0.224 e. The molecule has 1 amide bonds. The van der Waals surface area contributed by atoms with Crippen LogP contribution in [0.3, 0.4) is 0 Å². The largest absolute Gasteiger partial charge is 0.496 e. The fourth-order valence-corrected chi connectivity index (χ4v) is 3.49. The van der Waals surface area contributed by atoms with E-state index in [-0.39, 0.29) is 5.91 Å². The topological polar surface area (TPSA) is 38.3 Å². The van der Waals surface area contributed by atoms with Crippen LogP contribution in [0.25, 0.3) is 0 Å². The lowest BCUT2D eigenvalue weighted by Gasteiger charge is -2.32. The molecule has 0 aliphatic heterocycles. The average molecular weight is 303 g/mol. The van der Waals surface area contributed by atoms with E-state index < -0.39 is 0 Å². The highest BCUT2D eigenvalue weighted by molar-refractivity contribution is 5.80. The van der Waals surface area contributed by atoms with Gasteiger partial charge in [-0.1, -0.05) is 19.9 Å². The zero-order valence-corrected chi connectivity index (χ0v) is 14.5. The first-order valence-corrected chi connectivity index (χ1v) is 8.34. The second-order valence-electron chi connectivity index (χ2n) is 6.97. The molecule has 1 aliphatic rings. The molecule has 3 atom stereocenters. The molecule has 1 saturated carbocycles. The first-order chi connectivity index (χ1) is 10.4. The summed E-state index contributed by atoms with van der Waals surface area (Å²) in [6.07, 6.45) is 3.80. The molecular formula is C19H29NO2. The van der Waals surface area contributed by atoms with Gasteiger partial charge in [0.15, 0.2) is 0 Å². The van der Waals surface area contributed by atoms with Gasteiger partial charge in [-0.05, 0) is 62.1 Å². The minimum atomic E-state index is 0.108. The van der Waals surface area contributed by atoms with Crippen molar-refractivity contribution in [3.8, 4) is 5.75 Å². The summed E-state index contributed by atoms with van der Waals surface area (Å²) in [6, 6.07) is 4.44. The molecule has 3 nitrogen and oxygen atoms in total. The molecule has 0 bridgehead atoms. The number of amides is 1. The summed E-state index contributed by atoms with van der Waals surface area (Å²) in [6.45, 7) is 8.69. The van der Waals surface area contributed by atoms with Gasteiger partial charge in [0.05, 0.1) is 13.5 Å². The van der Waals surface area contributed by atoms with E-state index in [0.29, 0.717) is 18.4 Å². The Bertz CT molecular complexity index is 538. The number of benzene rings is 1. The van der Waals surface area contributed by atoms with Gasteiger partial charge in [0.1, 0.15) is 5.75 Å². The maximum absolute atomic E-state index is 12.4. The van der Waals surface area contributed by atoms with Gasteiger partial charge < -0.3 is 10.1 Å². The van der Waals surface area contributed by atoms with E-state index in [2.05, 4.69) is 25.2 Å². The van der Waals surface area contributed by atoms with Gasteiger partial charge in [-0.15, -0.1) is 0 Å². The Morgan fingerprint density at radius 2 is 1.95 bits per heavy atom. The standard InChI is InChI=1S/C19H29NO2/c1-12-8-15(4)17(18(9-12)22-5)11-19(21)20-16-7-6-13(2)14(3)10-16/h8-9,13-14,16H,6-7,10-11H2,1-5H3,(H,20,21). The van der Waals surface area contributed by atoms with E-state index in [9.17, 15) is 4.79 Å². The molecule has 0 saturated heterocycles. The van der Waals surface area contributed by atoms with Crippen LogP contribution in [0.1, 0.15) is 49.8 Å². The number of ether oxygens (including phenoxy) is 1. The van der Waals surface area contributed by atoms with Gasteiger partial charge in [0, 0.05) is 11.6 Å². The summed E-state index contributed by atoms with van der Waals surface area (Å²) >= 11 is 0. The van der Waals surface area contributed by atoms with Crippen molar-refractivity contribution in [1.29, 1.82) is 0 Å². The van der Waals surface area contributed by atoms with E-state index in [1.165, 1.54) is 6.42 Å². The molecule has 0 aromatic heterocycles. The van der Waals surface area contributed by atoms with E-state index in [1.807, 2.05) is 19.9 Å². The van der Waals surface area contributed by atoms with Crippen LogP contribution in [-0.2, 0) is 11.2 Å².